The number of esters is 1. The van der Waals surface area contributed by atoms with E-state index in [-0.39, 0.29) is 5.97 Å². The van der Waals surface area contributed by atoms with Crippen LogP contribution >= 0.6 is 0 Å². The molecular weight excluding hydrogens is 262 g/mol. The fourth-order valence-electron chi connectivity index (χ4n) is 2.29. The molecule has 0 aliphatic heterocycles. The molecule has 0 fully saturated rings. The smallest absolute Gasteiger partial charge is 0.337 e. The average molecular weight is 283 g/mol. The number of methoxy groups -OCH3 is 1. The largest absolute Gasteiger partial charge is 0.465 e. The summed E-state index contributed by atoms with van der Waals surface area (Å²) in [7, 11) is 1.39. The first-order valence-electron chi connectivity index (χ1n) is 7.19. The second kappa shape index (κ2) is 7.60. The van der Waals surface area contributed by atoms with Gasteiger partial charge in [0.05, 0.1) is 12.7 Å². The molecule has 0 saturated heterocycles. The third-order valence-electron chi connectivity index (χ3n) is 3.52. The number of aryl methyl sites for hydroxylation is 1. The van der Waals surface area contributed by atoms with Gasteiger partial charge in [-0.05, 0) is 35.2 Å². The van der Waals surface area contributed by atoms with Crippen LogP contribution in [0, 0.1) is 0 Å². The van der Waals surface area contributed by atoms with Gasteiger partial charge in [-0.3, -0.25) is 0 Å². The van der Waals surface area contributed by atoms with Gasteiger partial charge in [0, 0.05) is 13.1 Å². The molecule has 0 spiro atoms. The molecule has 110 valence electrons. The van der Waals surface area contributed by atoms with Crippen LogP contribution in [0.15, 0.2) is 48.5 Å². The Kier molecular flexibility index (Phi) is 5.52. The number of rotatable bonds is 6. The maximum absolute atomic E-state index is 11.4. The number of hydrogen-bond acceptors (Lipinski definition) is 3. The van der Waals surface area contributed by atoms with Gasteiger partial charge in [-0.15, -0.1) is 0 Å². The second-order valence-corrected chi connectivity index (χ2v) is 4.91. The molecule has 0 amide bonds. The summed E-state index contributed by atoms with van der Waals surface area (Å²) in [4.78, 5) is 11.4. The van der Waals surface area contributed by atoms with E-state index in [1.165, 1.54) is 18.2 Å². The third-order valence-corrected chi connectivity index (χ3v) is 3.52. The lowest BCUT2D eigenvalue weighted by Gasteiger charge is -2.09. The molecule has 2 aromatic carbocycles. The Hall–Kier alpha value is -2.13. The van der Waals surface area contributed by atoms with Crippen LogP contribution in [-0.2, 0) is 24.2 Å². The fourth-order valence-corrected chi connectivity index (χ4v) is 2.29. The fraction of sp³-hybridized carbons (Fsp3) is 0.278. The molecule has 0 aromatic heterocycles. The molecule has 0 heterocycles. The van der Waals surface area contributed by atoms with E-state index < -0.39 is 0 Å². The highest BCUT2D eigenvalue weighted by Gasteiger charge is 2.04. The first-order valence-corrected chi connectivity index (χ1v) is 7.19. The van der Waals surface area contributed by atoms with Crippen molar-refractivity contribution in [1.29, 1.82) is 0 Å². The van der Waals surface area contributed by atoms with Gasteiger partial charge in [0.25, 0.3) is 0 Å². The van der Waals surface area contributed by atoms with Gasteiger partial charge in [-0.2, -0.15) is 0 Å². The predicted octanol–water partition coefficient (Wildman–Crippen LogP) is 3.33. The summed E-state index contributed by atoms with van der Waals surface area (Å²) in [5, 5.41) is 3.44. The quantitative estimate of drug-likeness (QED) is 0.826. The zero-order valence-corrected chi connectivity index (χ0v) is 12.6. The molecule has 2 aromatic rings. The lowest BCUT2D eigenvalue weighted by atomic mass is 10.1. The highest BCUT2D eigenvalue weighted by atomic mass is 16.5. The number of nitrogens with one attached hydrogen (secondary N) is 1. The predicted molar refractivity (Wildman–Crippen MR) is 84.1 cm³/mol. The van der Waals surface area contributed by atoms with E-state index in [2.05, 4.69) is 41.2 Å². The van der Waals surface area contributed by atoms with Crippen molar-refractivity contribution in [3.05, 3.63) is 70.8 Å². The Morgan fingerprint density at radius 3 is 2.29 bits per heavy atom. The zero-order valence-electron chi connectivity index (χ0n) is 12.6. The van der Waals surface area contributed by atoms with Crippen molar-refractivity contribution in [2.45, 2.75) is 26.4 Å². The Morgan fingerprint density at radius 1 is 1.00 bits per heavy atom. The van der Waals surface area contributed by atoms with Crippen molar-refractivity contribution in [1.82, 2.24) is 5.32 Å². The lowest BCUT2D eigenvalue weighted by Crippen LogP contribution is -2.14. The molecule has 1 N–H and O–H groups in total. The first kappa shape index (κ1) is 15.3. The highest BCUT2D eigenvalue weighted by molar-refractivity contribution is 5.89. The number of benzene rings is 2. The molecular formula is C18H21NO2. The standard InChI is InChI=1S/C18H21NO2/c1-3-15-6-4-5-7-17(15)13-19-12-14-8-10-16(11-9-14)18(20)21-2/h4-11,19H,3,12-13H2,1-2H3. The summed E-state index contributed by atoms with van der Waals surface area (Å²) in [5.74, 6) is -0.300. The number of ether oxygens (including phenoxy) is 1. The van der Waals surface area contributed by atoms with Crippen LogP contribution in [-0.4, -0.2) is 13.1 Å². The highest BCUT2D eigenvalue weighted by Crippen LogP contribution is 2.10. The lowest BCUT2D eigenvalue weighted by molar-refractivity contribution is 0.0600. The Balaban J connectivity index is 1.90. The summed E-state index contributed by atoms with van der Waals surface area (Å²) in [5.41, 5.74) is 4.45. The molecule has 0 aliphatic rings. The Labute approximate surface area is 126 Å². The minimum absolute atomic E-state index is 0.300. The van der Waals surface area contributed by atoms with Gasteiger partial charge in [0.1, 0.15) is 0 Å². The maximum Gasteiger partial charge on any atom is 0.337 e. The van der Waals surface area contributed by atoms with Crippen LogP contribution in [0.3, 0.4) is 0 Å². The molecule has 0 radical (unpaired) electrons. The maximum atomic E-state index is 11.4. The third kappa shape index (κ3) is 4.17. The molecule has 2 rings (SSSR count). The topological polar surface area (TPSA) is 38.3 Å². The van der Waals surface area contributed by atoms with Crippen LogP contribution in [0.25, 0.3) is 0 Å². The van der Waals surface area contributed by atoms with Crippen LogP contribution < -0.4 is 5.32 Å². The average Bonchev–Trinajstić information content (AvgIpc) is 2.55. The molecule has 0 bridgehead atoms. The number of hydrogen-bond donors (Lipinski definition) is 1. The van der Waals surface area contributed by atoms with Crippen molar-refractivity contribution >= 4 is 5.97 Å². The van der Waals surface area contributed by atoms with E-state index in [9.17, 15) is 4.79 Å². The van der Waals surface area contributed by atoms with Crippen molar-refractivity contribution in [3.8, 4) is 0 Å². The first-order chi connectivity index (χ1) is 10.2. The molecule has 0 aliphatic carbocycles. The van der Waals surface area contributed by atoms with Crippen molar-refractivity contribution in [2.24, 2.45) is 0 Å². The minimum atomic E-state index is -0.300. The molecule has 0 saturated carbocycles. The van der Waals surface area contributed by atoms with Crippen LogP contribution in [0.5, 0.6) is 0 Å². The second-order valence-electron chi connectivity index (χ2n) is 4.91. The van der Waals surface area contributed by atoms with E-state index in [4.69, 9.17) is 0 Å². The monoisotopic (exact) mass is 283 g/mol. The van der Waals surface area contributed by atoms with Crippen molar-refractivity contribution in [2.75, 3.05) is 7.11 Å². The van der Waals surface area contributed by atoms with Crippen molar-refractivity contribution in [3.63, 3.8) is 0 Å². The number of carbonyl (C=O) groups is 1. The van der Waals surface area contributed by atoms with E-state index in [1.54, 1.807) is 12.1 Å². The van der Waals surface area contributed by atoms with Crippen LogP contribution in [0.2, 0.25) is 0 Å². The summed E-state index contributed by atoms with van der Waals surface area (Å²) in [6, 6.07) is 16.0. The number of carbonyl (C=O) groups excluding carboxylic acids is 1. The molecule has 3 nitrogen and oxygen atoms in total. The molecule has 21 heavy (non-hydrogen) atoms. The zero-order chi connectivity index (χ0) is 15.1. The van der Waals surface area contributed by atoms with Gasteiger partial charge < -0.3 is 10.1 Å². The van der Waals surface area contributed by atoms with Gasteiger partial charge in [0.2, 0.25) is 0 Å². The molecule has 0 atom stereocenters. The minimum Gasteiger partial charge on any atom is -0.465 e. The Morgan fingerprint density at radius 2 is 1.67 bits per heavy atom. The van der Waals surface area contributed by atoms with Crippen molar-refractivity contribution < 1.29 is 9.53 Å². The molecule has 3 heteroatoms. The molecule has 0 unspecified atom stereocenters. The van der Waals surface area contributed by atoms with Gasteiger partial charge >= 0.3 is 5.97 Å². The SMILES string of the molecule is CCc1ccccc1CNCc1ccc(C(=O)OC)cc1. The van der Waals surface area contributed by atoms with Gasteiger partial charge in [-0.1, -0.05) is 43.3 Å². The van der Waals surface area contributed by atoms with Crippen LogP contribution in [0.4, 0.5) is 0 Å². The normalized spacial score (nSPS) is 10.4. The van der Waals surface area contributed by atoms with Gasteiger partial charge in [-0.25, -0.2) is 4.79 Å². The summed E-state index contributed by atoms with van der Waals surface area (Å²) in [6.45, 7) is 3.80. The van der Waals surface area contributed by atoms with E-state index in [0.29, 0.717) is 5.56 Å². The van der Waals surface area contributed by atoms with E-state index >= 15 is 0 Å². The summed E-state index contributed by atoms with van der Waals surface area (Å²) < 4.78 is 4.69. The van der Waals surface area contributed by atoms with E-state index in [0.717, 1.165) is 25.1 Å². The summed E-state index contributed by atoms with van der Waals surface area (Å²) >= 11 is 0. The summed E-state index contributed by atoms with van der Waals surface area (Å²) in [6.07, 6.45) is 1.05. The Bertz CT molecular complexity index is 590. The van der Waals surface area contributed by atoms with Gasteiger partial charge in [0.15, 0.2) is 0 Å². The van der Waals surface area contributed by atoms with E-state index in [1.807, 2.05) is 12.1 Å². The van der Waals surface area contributed by atoms with Crippen LogP contribution in [0.1, 0.15) is 34.0 Å².